The average molecular weight is 430 g/mol. The molecule has 1 amide bonds. The second kappa shape index (κ2) is 8.59. The van der Waals surface area contributed by atoms with Crippen molar-refractivity contribution in [1.82, 2.24) is 24.5 Å². The van der Waals surface area contributed by atoms with Crippen LogP contribution >= 0.6 is 0 Å². The number of aromatic nitrogens is 4. The number of sulfonamides is 1. The van der Waals surface area contributed by atoms with Gasteiger partial charge in [-0.25, -0.2) is 18.4 Å². The van der Waals surface area contributed by atoms with Crippen molar-refractivity contribution in [3.05, 3.63) is 54.1 Å². The Balaban J connectivity index is 1.64. The Labute approximate surface area is 174 Å². The molecule has 2 aromatic heterocycles. The lowest BCUT2D eigenvalue weighted by molar-refractivity contribution is -0.117. The van der Waals surface area contributed by atoms with Crippen LogP contribution in [-0.4, -0.2) is 40.1 Å². The zero-order valence-electron chi connectivity index (χ0n) is 16.9. The van der Waals surface area contributed by atoms with Gasteiger partial charge in [0.05, 0.1) is 17.4 Å². The first-order chi connectivity index (χ1) is 14.2. The lowest BCUT2D eigenvalue weighted by atomic mass is 10.2. The lowest BCUT2D eigenvalue weighted by Crippen LogP contribution is -2.41. The number of benzene rings is 1. The smallest absolute Gasteiger partial charge is 0.321 e. The van der Waals surface area contributed by atoms with Crippen molar-refractivity contribution in [2.24, 2.45) is 7.05 Å². The normalized spacial score (nSPS) is 12.4. The van der Waals surface area contributed by atoms with Crippen LogP contribution in [0, 0.1) is 13.8 Å². The first-order valence-electron chi connectivity index (χ1n) is 9.05. The van der Waals surface area contributed by atoms with Gasteiger partial charge in [0, 0.05) is 25.1 Å². The van der Waals surface area contributed by atoms with Gasteiger partial charge in [0.15, 0.2) is 0 Å². The van der Waals surface area contributed by atoms with E-state index in [1.807, 2.05) is 0 Å². The summed E-state index contributed by atoms with van der Waals surface area (Å²) in [5.74, 6) is -0.00619. The third-order valence-corrected chi connectivity index (χ3v) is 6.10. The van der Waals surface area contributed by atoms with Crippen molar-refractivity contribution in [2.45, 2.75) is 31.7 Å². The number of nitrogens with zero attached hydrogens (tertiary/aromatic N) is 4. The van der Waals surface area contributed by atoms with Crippen molar-refractivity contribution in [1.29, 1.82) is 0 Å². The third kappa shape index (κ3) is 4.81. The van der Waals surface area contributed by atoms with Gasteiger partial charge >= 0.3 is 6.01 Å². The Morgan fingerprint density at radius 2 is 1.77 bits per heavy atom. The Hall–Kier alpha value is -3.31. The highest BCUT2D eigenvalue weighted by Gasteiger charge is 2.27. The van der Waals surface area contributed by atoms with Crippen LogP contribution in [0.25, 0.3) is 0 Å². The molecule has 0 aliphatic rings. The molecule has 0 aliphatic carbocycles. The predicted octanol–water partition coefficient (Wildman–Crippen LogP) is 1.92. The summed E-state index contributed by atoms with van der Waals surface area (Å²) < 4.78 is 34.8. The summed E-state index contributed by atoms with van der Waals surface area (Å²) >= 11 is 0. The van der Waals surface area contributed by atoms with Crippen molar-refractivity contribution in [3.8, 4) is 11.8 Å². The van der Waals surface area contributed by atoms with Crippen molar-refractivity contribution in [2.75, 3.05) is 5.32 Å². The molecule has 0 aliphatic heterocycles. The van der Waals surface area contributed by atoms with E-state index in [4.69, 9.17) is 4.74 Å². The van der Waals surface area contributed by atoms with Crippen LogP contribution in [0.15, 0.2) is 47.6 Å². The maximum absolute atomic E-state index is 12.7. The van der Waals surface area contributed by atoms with Gasteiger partial charge in [-0.3, -0.25) is 9.48 Å². The summed E-state index contributed by atoms with van der Waals surface area (Å²) in [5, 5.41) is 6.78. The van der Waals surface area contributed by atoms with E-state index in [1.165, 1.54) is 11.6 Å². The van der Waals surface area contributed by atoms with Crippen LogP contribution in [-0.2, 0) is 21.9 Å². The Bertz CT molecular complexity index is 1140. The Morgan fingerprint density at radius 1 is 1.13 bits per heavy atom. The first kappa shape index (κ1) is 21.4. The number of hydrogen-bond acceptors (Lipinski definition) is 7. The average Bonchev–Trinajstić information content (AvgIpc) is 2.96. The minimum absolute atomic E-state index is 0.0780. The topological polar surface area (TPSA) is 128 Å². The maximum atomic E-state index is 12.7. The van der Waals surface area contributed by atoms with Crippen LogP contribution in [0.1, 0.15) is 18.3 Å². The van der Waals surface area contributed by atoms with E-state index in [-0.39, 0.29) is 10.9 Å². The molecule has 1 aromatic carbocycles. The number of carbonyl (C=O) groups is 1. The first-order valence-corrected chi connectivity index (χ1v) is 10.5. The monoisotopic (exact) mass is 430 g/mol. The number of aryl methyl sites for hydroxylation is 2. The van der Waals surface area contributed by atoms with Gasteiger partial charge in [0.1, 0.15) is 10.6 Å². The molecule has 10 nitrogen and oxygen atoms in total. The van der Waals surface area contributed by atoms with Crippen LogP contribution in [0.5, 0.6) is 11.8 Å². The van der Waals surface area contributed by atoms with Gasteiger partial charge in [0.2, 0.25) is 15.9 Å². The van der Waals surface area contributed by atoms with Crippen LogP contribution in [0.3, 0.4) is 0 Å². The number of ether oxygens (including phenoxy) is 1. The van der Waals surface area contributed by atoms with Crippen molar-refractivity contribution >= 4 is 21.6 Å². The van der Waals surface area contributed by atoms with Crippen LogP contribution in [0.4, 0.5) is 5.69 Å². The molecule has 0 unspecified atom stereocenters. The fraction of sp³-hybridized carbons (Fsp3) is 0.263. The molecule has 3 rings (SSSR count). The van der Waals surface area contributed by atoms with Crippen LogP contribution < -0.4 is 14.8 Å². The summed E-state index contributed by atoms with van der Waals surface area (Å²) in [6.07, 6.45) is 3.13. The van der Waals surface area contributed by atoms with Gasteiger partial charge in [-0.1, -0.05) is 0 Å². The molecule has 0 spiro atoms. The largest absolute Gasteiger partial charge is 0.424 e. The summed E-state index contributed by atoms with van der Waals surface area (Å²) in [4.78, 5) is 20.5. The number of nitrogens with one attached hydrogen (secondary N) is 2. The summed E-state index contributed by atoms with van der Waals surface area (Å²) in [6.45, 7) is 4.73. The molecular weight excluding hydrogens is 408 g/mol. The van der Waals surface area contributed by atoms with Crippen molar-refractivity contribution in [3.63, 3.8) is 0 Å². The van der Waals surface area contributed by atoms with Crippen LogP contribution in [0.2, 0.25) is 0 Å². The molecule has 11 heteroatoms. The van der Waals surface area contributed by atoms with E-state index in [0.29, 0.717) is 22.8 Å². The number of rotatable bonds is 7. The maximum Gasteiger partial charge on any atom is 0.321 e. The minimum Gasteiger partial charge on any atom is -0.424 e. The zero-order chi connectivity index (χ0) is 21.9. The number of amides is 1. The van der Waals surface area contributed by atoms with Gasteiger partial charge in [-0.05, 0) is 51.1 Å². The molecule has 158 valence electrons. The molecule has 0 radical (unpaired) electrons. The molecule has 0 saturated carbocycles. The number of carbonyl (C=O) groups excluding carboxylic acids is 1. The Kier molecular flexibility index (Phi) is 6.13. The highest BCUT2D eigenvalue weighted by Crippen LogP contribution is 2.21. The standard InChI is InChI=1S/C19H22N6O4S/c1-12-17(14(3)25(4)23-12)30(27,28)24-13(2)18(26)22-15-6-8-16(9-7-15)29-19-20-10-5-11-21-19/h5-11,13,24H,1-4H3,(H,22,26)/t13-/m0/s1. The van der Waals surface area contributed by atoms with Gasteiger partial charge < -0.3 is 10.1 Å². The molecule has 1 atom stereocenters. The fourth-order valence-corrected chi connectivity index (χ4v) is 4.43. The summed E-state index contributed by atoms with van der Waals surface area (Å²) in [5.41, 5.74) is 1.35. The van der Waals surface area contributed by atoms with Gasteiger partial charge in [-0.15, -0.1) is 0 Å². The lowest BCUT2D eigenvalue weighted by Gasteiger charge is -2.15. The zero-order valence-corrected chi connectivity index (χ0v) is 17.8. The van der Waals surface area contributed by atoms with Gasteiger partial charge in [-0.2, -0.15) is 9.82 Å². The van der Waals surface area contributed by atoms with E-state index < -0.39 is 22.0 Å². The summed E-state index contributed by atoms with van der Waals surface area (Å²) in [7, 11) is -2.25. The van der Waals surface area contributed by atoms with Gasteiger partial charge in [0.25, 0.3) is 0 Å². The molecule has 3 aromatic rings. The predicted molar refractivity (Wildman–Crippen MR) is 110 cm³/mol. The fourth-order valence-electron chi connectivity index (χ4n) is 2.79. The quantitative estimate of drug-likeness (QED) is 0.586. The molecular formula is C19H22N6O4S. The second-order valence-electron chi connectivity index (χ2n) is 6.61. The van der Waals surface area contributed by atoms with E-state index in [0.717, 1.165) is 0 Å². The highest BCUT2D eigenvalue weighted by atomic mass is 32.2. The number of hydrogen-bond donors (Lipinski definition) is 2. The van der Waals surface area contributed by atoms with E-state index >= 15 is 0 Å². The molecule has 0 bridgehead atoms. The third-order valence-electron chi connectivity index (χ3n) is 4.31. The second-order valence-corrected chi connectivity index (χ2v) is 8.26. The summed E-state index contributed by atoms with van der Waals surface area (Å²) in [6, 6.07) is 7.44. The SMILES string of the molecule is Cc1nn(C)c(C)c1S(=O)(=O)N[C@@H](C)C(=O)Nc1ccc(Oc2ncccn2)cc1. The highest BCUT2D eigenvalue weighted by molar-refractivity contribution is 7.89. The van der Waals surface area contributed by atoms with E-state index in [1.54, 1.807) is 63.6 Å². The van der Waals surface area contributed by atoms with Crippen molar-refractivity contribution < 1.29 is 17.9 Å². The molecule has 30 heavy (non-hydrogen) atoms. The Morgan fingerprint density at radius 3 is 2.33 bits per heavy atom. The molecule has 2 N–H and O–H groups in total. The molecule has 2 heterocycles. The van der Waals surface area contributed by atoms with E-state index in [9.17, 15) is 13.2 Å². The molecule has 0 fully saturated rings. The molecule has 0 saturated heterocycles. The number of anilines is 1. The van der Waals surface area contributed by atoms with E-state index in [2.05, 4.69) is 25.1 Å². The minimum atomic E-state index is -3.91.